The maximum atomic E-state index is 12.1. The number of hydrogen-bond acceptors (Lipinski definition) is 2. The van der Waals surface area contributed by atoms with E-state index in [1.54, 1.807) is 6.07 Å². The fourth-order valence-corrected chi connectivity index (χ4v) is 4.06. The van der Waals surface area contributed by atoms with Gasteiger partial charge in [0.05, 0.1) is 0 Å². The molecule has 0 heterocycles. The number of hydrogen-bond donors (Lipinski definition) is 2. The summed E-state index contributed by atoms with van der Waals surface area (Å²) in [5.41, 5.74) is 7.23. The van der Waals surface area contributed by atoms with E-state index in [0.717, 1.165) is 22.0 Å². The molecule has 2 aliphatic rings. The number of amides is 1. The number of anilines is 2. The van der Waals surface area contributed by atoms with Crippen LogP contribution in [-0.4, -0.2) is 5.91 Å². The Morgan fingerprint density at radius 2 is 2.21 bits per heavy atom. The lowest BCUT2D eigenvalue weighted by atomic mass is 9.86. The molecule has 0 radical (unpaired) electrons. The molecule has 0 aliphatic heterocycles. The maximum absolute atomic E-state index is 12.1. The van der Waals surface area contributed by atoms with Crippen LogP contribution < -0.4 is 11.1 Å². The van der Waals surface area contributed by atoms with E-state index in [4.69, 9.17) is 5.73 Å². The summed E-state index contributed by atoms with van der Waals surface area (Å²) < 4.78 is 0.824. The molecule has 1 amide bonds. The van der Waals surface area contributed by atoms with Crippen LogP contribution in [-0.2, 0) is 4.79 Å². The van der Waals surface area contributed by atoms with Crippen molar-refractivity contribution in [3.63, 3.8) is 0 Å². The average Bonchev–Trinajstić information content (AvgIpc) is 2.96. The number of carbonyl (C=O) groups is 1. The standard InChI is InChI=1S/C15H19BrN2O/c16-13-8-12(3-4-14(13)17)18-15(19)7-11-6-9-1-2-10(11)5-9/h3-4,8-11H,1-2,5-7,17H2,(H,18,19). The molecule has 19 heavy (non-hydrogen) atoms. The van der Waals surface area contributed by atoms with Gasteiger partial charge in [0.1, 0.15) is 0 Å². The second-order valence-corrected chi connectivity index (χ2v) is 6.78. The number of carbonyl (C=O) groups excluding carboxylic acids is 1. The monoisotopic (exact) mass is 322 g/mol. The predicted molar refractivity (Wildman–Crippen MR) is 80.7 cm³/mol. The summed E-state index contributed by atoms with van der Waals surface area (Å²) in [6, 6.07) is 5.50. The Bertz CT molecular complexity index is 503. The molecular weight excluding hydrogens is 304 g/mol. The van der Waals surface area contributed by atoms with Crippen LogP contribution in [0.25, 0.3) is 0 Å². The zero-order valence-corrected chi connectivity index (χ0v) is 12.4. The number of rotatable bonds is 3. The van der Waals surface area contributed by atoms with Crippen molar-refractivity contribution in [1.82, 2.24) is 0 Å². The first-order valence-electron chi connectivity index (χ1n) is 6.96. The number of nitrogen functional groups attached to an aromatic ring is 1. The lowest BCUT2D eigenvalue weighted by Gasteiger charge is -2.20. The quantitative estimate of drug-likeness (QED) is 0.832. The van der Waals surface area contributed by atoms with E-state index in [2.05, 4.69) is 21.2 Å². The Balaban J connectivity index is 1.57. The maximum Gasteiger partial charge on any atom is 0.224 e. The third-order valence-electron chi connectivity index (χ3n) is 4.62. The molecule has 4 heteroatoms. The number of fused-ring (bicyclic) bond motifs is 2. The van der Waals surface area contributed by atoms with Crippen molar-refractivity contribution in [2.24, 2.45) is 17.8 Å². The van der Waals surface area contributed by atoms with Crippen molar-refractivity contribution in [2.75, 3.05) is 11.1 Å². The van der Waals surface area contributed by atoms with Crippen molar-refractivity contribution < 1.29 is 4.79 Å². The van der Waals surface area contributed by atoms with Gasteiger partial charge in [-0.25, -0.2) is 0 Å². The van der Waals surface area contributed by atoms with E-state index in [-0.39, 0.29) is 5.91 Å². The zero-order chi connectivity index (χ0) is 13.4. The first-order valence-corrected chi connectivity index (χ1v) is 7.76. The molecule has 1 aromatic carbocycles. The number of halogens is 1. The van der Waals surface area contributed by atoms with Crippen LogP contribution >= 0.6 is 15.9 Å². The second-order valence-electron chi connectivity index (χ2n) is 5.92. The Morgan fingerprint density at radius 3 is 2.84 bits per heavy atom. The summed E-state index contributed by atoms with van der Waals surface area (Å²) >= 11 is 3.37. The molecule has 0 aromatic heterocycles. The molecular formula is C15H19BrN2O. The molecule has 3 nitrogen and oxygen atoms in total. The average molecular weight is 323 g/mol. The summed E-state index contributed by atoms with van der Waals surface area (Å²) in [5.74, 6) is 2.44. The van der Waals surface area contributed by atoms with Gasteiger partial charge in [-0.3, -0.25) is 4.79 Å². The van der Waals surface area contributed by atoms with Crippen LogP contribution in [0.4, 0.5) is 11.4 Å². The van der Waals surface area contributed by atoms with Crippen molar-refractivity contribution in [2.45, 2.75) is 32.1 Å². The normalized spacial score (nSPS) is 28.6. The molecule has 0 spiro atoms. The summed E-state index contributed by atoms with van der Waals surface area (Å²) in [4.78, 5) is 12.1. The van der Waals surface area contributed by atoms with Crippen molar-refractivity contribution in [1.29, 1.82) is 0 Å². The zero-order valence-electron chi connectivity index (χ0n) is 10.9. The van der Waals surface area contributed by atoms with Gasteiger partial charge in [0, 0.05) is 22.3 Å². The third kappa shape index (κ3) is 2.78. The highest BCUT2D eigenvalue weighted by Gasteiger charge is 2.40. The topological polar surface area (TPSA) is 55.1 Å². The van der Waals surface area contributed by atoms with Crippen LogP contribution in [0.3, 0.4) is 0 Å². The molecule has 102 valence electrons. The molecule has 2 saturated carbocycles. The fourth-order valence-electron chi connectivity index (χ4n) is 3.68. The van der Waals surface area contributed by atoms with Gasteiger partial charge in [-0.1, -0.05) is 6.42 Å². The van der Waals surface area contributed by atoms with Gasteiger partial charge in [0.25, 0.3) is 0 Å². The van der Waals surface area contributed by atoms with Crippen molar-refractivity contribution in [3.05, 3.63) is 22.7 Å². The summed E-state index contributed by atoms with van der Waals surface area (Å²) in [5, 5.41) is 2.97. The first-order chi connectivity index (χ1) is 9.11. The minimum Gasteiger partial charge on any atom is -0.398 e. The Morgan fingerprint density at radius 1 is 1.37 bits per heavy atom. The van der Waals surface area contributed by atoms with Gasteiger partial charge in [-0.2, -0.15) is 0 Å². The highest BCUT2D eigenvalue weighted by Crippen LogP contribution is 2.49. The molecule has 3 N–H and O–H groups in total. The second kappa shape index (κ2) is 5.16. The summed E-state index contributed by atoms with van der Waals surface area (Å²) in [6.07, 6.45) is 5.99. The third-order valence-corrected chi connectivity index (χ3v) is 5.30. The smallest absolute Gasteiger partial charge is 0.224 e. The summed E-state index contributed by atoms with van der Waals surface area (Å²) in [6.45, 7) is 0. The first kappa shape index (κ1) is 13.0. The van der Waals surface area contributed by atoms with Gasteiger partial charge in [-0.05, 0) is 71.1 Å². The predicted octanol–water partition coefficient (Wildman–Crippen LogP) is 3.80. The van der Waals surface area contributed by atoms with Crippen LogP contribution in [0.2, 0.25) is 0 Å². The molecule has 0 saturated heterocycles. The van der Waals surface area contributed by atoms with Gasteiger partial charge in [0.15, 0.2) is 0 Å². The summed E-state index contributed by atoms with van der Waals surface area (Å²) in [7, 11) is 0. The van der Waals surface area contributed by atoms with E-state index in [1.807, 2.05) is 12.1 Å². The molecule has 2 fully saturated rings. The van der Waals surface area contributed by atoms with Crippen LogP contribution in [0.5, 0.6) is 0 Å². The molecule has 3 unspecified atom stereocenters. The minimum atomic E-state index is 0.134. The lowest BCUT2D eigenvalue weighted by Crippen LogP contribution is -2.20. The van der Waals surface area contributed by atoms with Gasteiger partial charge in [-0.15, -0.1) is 0 Å². The van der Waals surface area contributed by atoms with Crippen molar-refractivity contribution >= 4 is 33.2 Å². The SMILES string of the molecule is Nc1ccc(NC(=O)CC2CC3CCC2C3)cc1Br. The molecule has 3 rings (SSSR count). The molecule has 2 bridgehead atoms. The highest BCUT2D eigenvalue weighted by atomic mass is 79.9. The van der Waals surface area contributed by atoms with Gasteiger partial charge < -0.3 is 11.1 Å². The molecule has 1 aromatic rings. The van der Waals surface area contributed by atoms with E-state index in [0.29, 0.717) is 18.0 Å². The number of nitrogens with one attached hydrogen (secondary N) is 1. The minimum absolute atomic E-state index is 0.134. The Labute approximate surface area is 122 Å². The van der Waals surface area contributed by atoms with Crippen molar-refractivity contribution in [3.8, 4) is 0 Å². The van der Waals surface area contributed by atoms with E-state index < -0.39 is 0 Å². The Kier molecular flexibility index (Phi) is 3.52. The molecule has 3 atom stereocenters. The lowest BCUT2D eigenvalue weighted by molar-refractivity contribution is -0.117. The van der Waals surface area contributed by atoms with Crippen LogP contribution in [0.15, 0.2) is 22.7 Å². The number of nitrogens with two attached hydrogens (primary N) is 1. The van der Waals surface area contributed by atoms with Gasteiger partial charge >= 0.3 is 0 Å². The number of benzene rings is 1. The largest absolute Gasteiger partial charge is 0.398 e. The van der Waals surface area contributed by atoms with E-state index in [1.165, 1.54) is 25.7 Å². The van der Waals surface area contributed by atoms with Crippen LogP contribution in [0.1, 0.15) is 32.1 Å². The highest BCUT2D eigenvalue weighted by molar-refractivity contribution is 9.10. The fraction of sp³-hybridized carbons (Fsp3) is 0.533. The van der Waals surface area contributed by atoms with E-state index >= 15 is 0 Å². The van der Waals surface area contributed by atoms with Gasteiger partial charge in [0.2, 0.25) is 5.91 Å². The molecule has 2 aliphatic carbocycles. The van der Waals surface area contributed by atoms with E-state index in [9.17, 15) is 4.79 Å². The Hall–Kier alpha value is -1.03. The van der Waals surface area contributed by atoms with Crippen LogP contribution in [0, 0.1) is 17.8 Å².